The Morgan fingerprint density at radius 1 is 1.38 bits per heavy atom. The van der Waals surface area contributed by atoms with E-state index in [0.29, 0.717) is 18.8 Å². The van der Waals surface area contributed by atoms with Crippen LogP contribution in [0.2, 0.25) is 0 Å². The van der Waals surface area contributed by atoms with Crippen LogP contribution in [-0.2, 0) is 22.7 Å². The molecule has 1 N–H and O–H groups in total. The van der Waals surface area contributed by atoms with Crippen LogP contribution in [0.3, 0.4) is 0 Å². The molecule has 1 aliphatic rings. The molecule has 1 aliphatic heterocycles. The lowest BCUT2D eigenvalue weighted by Gasteiger charge is -2.31. The van der Waals surface area contributed by atoms with Crippen molar-refractivity contribution in [2.45, 2.75) is 39.4 Å². The molecule has 6 nitrogen and oxygen atoms in total. The van der Waals surface area contributed by atoms with Crippen LogP contribution >= 0.6 is 0 Å². The fourth-order valence-corrected chi connectivity index (χ4v) is 2.81. The minimum Gasteiger partial charge on any atom is -0.350 e. The van der Waals surface area contributed by atoms with Crippen LogP contribution in [0, 0.1) is 12.7 Å². The highest BCUT2D eigenvalue weighted by Crippen LogP contribution is 2.24. The van der Waals surface area contributed by atoms with Crippen molar-refractivity contribution in [1.29, 1.82) is 0 Å². The van der Waals surface area contributed by atoms with Gasteiger partial charge < -0.3 is 5.32 Å². The average Bonchev–Trinajstić information content (AvgIpc) is 2.93. The molecule has 2 heterocycles. The summed E-state index contributed by atoms with van der Waals surface area (Å²) in [6.07, 6.45) is 0.323. The molecule has 1 aromatic heterocycles. The van der Waals surface area contributed by atoms with Gasteiger partial charge in [0.2, 0.25) is 11.8 Å². The van der Waals surface area contributed by atoms with E-state index in [-0.39, 0.29) is 24.2 Å². The Morgan fingerprint density at radius 3 is 2.79 bits per heavy atom. The molecule has 1 unspecified atom stereocenters. The predicted octanol–water partition coefficient (Wildman–Crippen LogP) is 1.77. The largest absolute Gasteiger partial charge is 0.350 e. The van der Waals surface area contributed by atoms with Gasteiger partial charge in [-0.2, -0.15) is 5.10 Å². The fraction of sp³-hybridized carbons (Fsp3) is 0.353. The first-order valence-corrected chi connectivity index (χ1v) is 7.84. The third-order valence-electron chi connectivity index (χ3n) is 4.08. The number of aryl methyl sites for hydroxylation is 2. The molecule has 7 heteroatoms. The van der Waals surface area contributed by atoms with Gasteiger partial charge in [0, 0.05) is 19.0 Å². The number of fused-ring (bicyclic) bond motifs is 1. The Hall–Kier alpha value is -2.70. The molecule has 0 saturated heterocycles. The second-order valence-electron chi connectivity index (χ2n) is 5.90. The number of hydrogen-bond acceptors (Lipinski definition) is 3. The lowest BCUT2D eigenvalue weighted by Crippen LogP contribution is -2.50. The zero-order chi connectivity index (χ0) is 17.3. The van der Waals surface area contributed by atoms with Gasteiger partial charge in [-0.15, -0.1) is 0 Å². The van der Waals surface area contributed by atoms with Crippen molar-refractivity contribution in [3.8, 4) is 0 Å². The maximum atomic E-state index is 12.9. The summed E-state index contributed by atoms with van der Waals surface area (Å²) in [5.41, 5.74) is 1.60. The number of carbonyl (C=O) groups excluding carboxylic acids is 2. The van der Waals surface area contributed by atoms with Gasteiger partial charge in [-0.25, -0.2) is 9.07 Å². The first-order valence-electron chi connectivity index (χ1n) is 7.84. The van der Waals surface area contributed by atoms with Gasteiger partial charge in [-0.05, 0) is 31.5 Å². The van der Waals surface area contributed by atoms with Gasteiger partial charge in [0.25, 0.3) is 0 Å². The molecular weight excluding hydrogens is 311 g/mol. The lowest BCUT2D eigenvalue weighted by molar-refractivity contribution is -0.126. The maximum Gasteiger partial charge on any atom is 0.243 e. The van der Waals surface area contributed by atoms with Gasteiger partial charge in [0.05, 0.1) is 12.2 Å². The summed E-state index contributed by atoms with van der Waals surface area (Å²) in [6.45, 7) is 4.36. The van der Waals surface area contributed by atoms with Crippen LogP contribution in [0.25, 0.3) is 0 Å². The molecule has 2 amide bonds. The summed E-state index contributed by atoms with van der Waals surface area (Å²) >= 11 is 0. The fourth-order valence-electron chi connectivity index (χ4n) is 2.81. The third-order valence-corrected chi connectivity index (χ3v) is 4.08. The van der Waals surface area contributed by atoms with Crippen molar-refractivity contribution < 1.29 is 14.0 Å². The van der Waals surface area contributed by atoms with Crippen molar-refractivity contribution in [3.63, 3.8) is 0 Å². The van der Waals surface area contributed by atoms with Gasteiger partial charge in [0.1, 0.15) is 17.7 Å². The van der Waals surface area contributed by atoms with Crippen LogP contribution in [0.4, 0.5) is 10.2 Å². The molecule has 24 heavy (non-hydrogen) atoms. The zero-order valence-corrected chi connectivity index (χ0v) is 13.6. The molecule has 1 atom stereocenters. The number of carbonyl (C=O) groups is 2. The molecule has 0 bridgehead atoms. The van der Waals surface area contributed by atoms with Crippen LogP contribution < -0.4 is 10.2 Å². The van der Waals surface area contributed by atoms with Crippen molar-refractivity contribution in [1.82, 2.24) is 15.1 Å². The minimum absolute atomic E-state index is 0.0909. The number of benzene rings is 1. The predicted molar refractivity (Wildman–Crippen MR) is 86.8 cm³/mol. The van der Waals surface area contributed by atoms with Crippen LogP contribution in [0.5, 0.6) is 0 Å². The summed E-state index contributed by atoms with van der Waals surface area (Å²) in [7, 11) is 0. The molecular formula is C17H19FN4O2. The average molecular weight is 330 g/mol. The van der Waals surface area contributed by atoms with Crippen molar-refractivity contribution >= 4 is 17.6 Å². The highest BCUT2D eigenvalue weighted by atomic mass is 19.1. The second-order valence-corrected chi connectivity index (χ2v) is 5.90. The van der Waals surface area contributed by atoms with E-state index in [9.17, 15) is 14.0 Å². The standard InChI is InChI=1S/C17H19FN4O2/c1-11-9-15-21(20-11)8-7-16(23)22(15)12(2)17(24)19-10-13-3-5-14(18)6-4-13/h3-6,9,12H,7-8,10H2,1-2H3,(H,19,24). The molecule has 0 radical (unpaired) electrons. The Morgan fingerprint density at radius 2 is 2.08 bits per heavy atom. The van der Waals surface area contributed by atoms with Gasteiger partial charge in [0.15, 0.2) is 0 Å². The first-order chi connectivity index (χ1) is 11.5. The number of nitrogens with one attached hydrogen (secondary N) is 1. The van der Waals surface area contributed by atoms with Crippen LogP contribution in [0.15, 0.2) is 30.3 Å². The first kappa shape index (κ1) is 16.2. The topological polar surface area (TPSA) is 67.2 Å². The number of hydrogen-bond donors (Lipinski definition) is 1. The smallest absolute Gasteiger partial charge is 0.243 e. The number of aromatic nitrogens is 2. The number of halogens is 1. The Bertz CT molecular complexity index is 769. The van der Waals surface area contributed by atoms with Crippen LogP contribution in [0.1, 0.15) is 24.6 Å². The van der Waals surface area contributed by atoms with Crippen LogP contribution in [-0.4, -0.2) is 27.6 Å². The minimum atomic E-state index is -0.645. The normalized spacial score (nSPS) is 15.1. The summed E-state index contributed by atoms with van der Waals surface area (Å²) in [5, 5.41) is 7.12. The van der Waals surface area contributed by atoms with E-state index < -0.39 is 6.04 Å². The van der Waals surface area contributed by atoms with Gasteiger partial charge >= 0.3 is 0 Å². The molecule has 1 aromatic carbocycles. The van der Waals surface area contributed by atoms with E-state index in [1.54, 1.807) is 29.8 Å². The number of nitrogens with zero attached hydrogens (tertiary/aromatic N) is 3. The molecule has 0 fully saturated rings. The van der Waals surface area contributed by atoms with Crippen molar-refractivity contribution in [3.05, 3.63) is 47.4 Å². The number of rotatable bonds is 4. The SMILES string of the molecule is Cc1cc2n(n1)CCC(=O)N2C(C)C(=O)NCc1ccc(F)cc1. The number of amides is 2. The van der Waals surface area contributed by atoms with Crippen molar-refractivity contribution in [2.75, 3.05) is 4.90 Å². The van der Waals surface area contributed by atoms with Crippen molar-refractivity contribution in [2.24, 2.45) is 0 Å². The number of anilines is 1. The van der Waals surface area contributed by atoms with E-state index in [4.69, 9.17) is 0 Å². The van der Waals surface area contributed by atoms with Gasteiger partial charge in [-0.3, -0.25) is 14.5 Å². The zero-order valence-electron chi connectivity index (χ0n) is 13.6. The molecule has 0 spiro atoms. The summed E-state index contributed by atoms with van der Waals surface area (Å²) in [4.78, 5) is 26.2. The highest BCUT2D eigenvalue weighted by molar-refractivity contribution is 6.00. The van der Waals surface area contributed by atoms with E-state index in [1.165, 1.54) is 17.0 Å². The third kappa shape index (κ3) is 3.15. The molecule has 126 valence electrons. The molecule has 0 aliphatic carbocycles. The molecule has 0 saturated carbocycles. The monoisotopic (exact) mass is 330 g/mol. The Labute approximate surface area is 139 Å². The van der Waals surface area contributed by atoms with E-state index in [0.717, 1.165) is 11.3 Å². The van der Waals surface area contributed by atoms with E-state index in [2.05, 4.69) is 10.4 Å². The van der Waals surface area contributed by atoms with E-state index in [1.807, 2.05) is 6.92 Å². The Balaban J connectivity index is 1.71. The lowest BCUT2D eigenvalue weighted by atomic mass is 10.2. The summed E-state index contributed by atoms with van der Waals surface area (Å²) in [5.74, 6) is -0.0269. The van der Waals surface area contributed by atoms with Gasteiger partial charge in [-0.1, -0.05) is 12.1 Å². The highest BCUT2D eigenvalue weighted by Gasteiger charge is 2.32. The second kappa shape index (κ2) is 6.43. The van der Waals surface area contributed by atoms with E-state index >= 15 is 0 Å². The maximum absolute atomic E-state index is 12.9. The molecule has 3 rings (SSSR count). The molecule has 2 aromatic rings. The Kier molecular flexibility index (Phi) is 4.33. The summed E-state index contributed by atoms with van der Waals surface area (Å²) in [6, 6.07) is 7.09. The summed E-state index contributed by atoms with van der Waals surface area (Å²) < 4.78 is 14.7. The quantitative estimate of drug-likeness (QED) is 0.929.